The second-order valence-electron chi connectivity index (χ2n) is 3.78. The summed E-state index contributed by atoms with van der Waals surface area (Å²) in [4.78, 5) is 20.8. The number of ketones is 1. The number of nitrogens with zero attached hydrogens (tertiary/aromatic N) is 2. The molecule has 0 aliphatic carbocycles. The van der Waals surface area contributed by atoms with Gasteiger partial charge in [-0.05, 0) is 49.9 Å². The van der Waals surface area contributed by atoms with Crippen LogP contribution in [-0.2, 0) is 0 Å². The Hall–Kier alpha value is -1.20. The van der Waals surface area contributed by atoms with Crippen LogP contribution < -0.4 is 0 Å². The fraction of sp³-hybridized carbons (Fsp3) is 0.154. The summed E-state index contributed by atoms with van der Waals surface area (Å²) >= 11 is 4.87. The molecule has 0 radical (unpaired) electrons. The van der Waals surface area contributed by atoms with Crippen molar-refractivity contribution in [2.24, 2.45) is 0 Å². The van der Waals surface area contributed by atoms with Gasteiger partial charge in [-0.15, -0.1) is 0 Å². The fourth-order valence-corrected chi connectivity index (χ4v) is 3.06. The first kappa shape index (κ1) is 13.2. The molecule has 18 heavy (non-hydrogen) atoms. The van der Waals surface area contributed by atoms with Gasteiger partial charge in [-0.2, -0.15) is 0 Å². The number of aryl methyl sites for hydroxylation is 1. The van der Waals surface area contributed by atoms with Gasteiger partial charge in [0.05, 0.1) is 0 Å². The average molecular weight is 323 g/mol. The van der Waals surface area contributed by atoms with Gasteiger partial charge < -0.3 is 0 Å². The van der Waals surface area contributed by atoms with E-state index in [0.717, 1.165) is 15.1 Å². The number of rotatable bonds is 3. The van der Waals surface area contributed by atoms with Gasteiger partial charge >= 0.3 is 0 Å². The summed E-state index contributed by atoms with van der Waals surface area (Å²) in [6.45, 7) is 3.48. The lowest BCUT2D eigenvalue weighted by molar-refractivity contribution is 0.101. The van der Waals surface area contributed by atoms with E-state index in [1.165, 1.54) is 11.8 Å². The molecule has 0 saturated heterocycles. The molecule has 0 aliphatic rings. The first-order chi connectivity index (χ1) is 8.56. The smallest absolute Gasteiger partial charge is 0.192 e. The van der Waals surface area contributed by atoms with Crippen molar-refractivity contribution in [3.8, 4) is 0 Å². The molecule has 1 aromatic carbocycles. The zero-order valence-corrected chi connectivity index (χ0v) is 12.4. The van der Waals surface area contributed by atoms with Gasteiger partial charge in [0.2, 0.25) is 0 Å². The van der Waals surface area contributed by atoms with E-state index in [1.807, 2.05) is 31.2 Å². The zero-order chi connectivity index (χ0) is 13.1. The van der Waals surface area contributed by atoms with Crippen molar-refractivity contribution in [2.45, 2.75) is 23.9 Å². The van der Waals surface area contributed by atoms with Crippen LogP contribution in [0.1, 0.15) is 23.0 Å². The molecule has 1 aromatic heterocycles. The summed E-state index contributed by atoms with van der Waals surface area (Å²) in [5.74, 6) is 0.0465. The van der Waals surface area contributed by atoms with Crippen molar-refractivity contribution in [1.82, 2.24) is 9.97 Å². The number of carbonyl (C=O) groups excluding carboxylic acids is 1. The Morgan fingerprint density at radius 2 is 2.11 bits per heavy atom. The predicted molar refractivity (Wildman–Crippen MR) is 75.0 cm³/mol. The normalized spacial score (nSPS) is 10.4. The number of benzene rings is 1. The Bertz CT molecular complexity index is 601. The molecule has 0 N–H and O–H groups in total. The Kier molecular flexibility index (Phi) is 4.14. The van der Waals surface area contributed by atoms with Crippen LogP contribution in [-0.4, -0.2) is 15.8 Å². The number of carbonyl (C=O) groups is 1. The van der Waals surface area contributed by atoms with Crippen LogP contribution in [0.4, 0.5) is 0 Å². The van der Waals surface area contributed by atoms with Crippen molar-refractivity contribution in [2.75, 3.05) is 0 Å². The first-order valence-electron chi connectivity index (χ1n) is 5.34. The SMILES string of the molecule is CC(=O)c1ccc(Sc2nccc(C)n2)cc1Br. The van der Waals surface area contributed by atoms with Gasteiger partial charge in [-0.25, -0.2) is 9.97 Å². The minimum absolute atomic E-state index is 0.0465. The van der Waals surface area contributed by atoms with Crippen LogP contribution in [0.3, 0.4) is 0 Å². The molecule has 0 atom stereocenters. The molecule has 0 saturated carbocycles. The predicted octanol–water partition coefficient (Wildman–Crippen LogP) is 3.90. The van der Waals surface area contributed by atoms with Crippen LogP contribution in [0.2, 0.25) is 0 Å². The van der Waals surface area contributed by atoms with Gasteiger partial charge in [-0.3, -0.25) is 4.79 Å². The van der Waals surface area contributed by atoms with Gasteiger partial charge in [0.1, 0.15) is 0 Å². The second-order valence-corrected chi connectivity index (χ2v) is 5.68. The Balaban J connectivity index is 2.25. The van der Waals surface area contributed by atoms with E-state index in [0.29, 0.717) is 10.7 Å². The van der Waals surface area contributed by atoms with Crippen LogP contribution >= 0.6 is 27.7 Å². The third-order valence-electron chi connectivity index (χ3n) is 2.30. The maximum absolute atomic E-state index is 11.3. The quantitative estimate of drug-likeness (QED) is 0.635. The van der Waals surface area contributed by atoms with E-state index < -0.39 is 0 Å². The Labute approximate surface area is 118 Å². The minimum Gasteiger partial charge on any atom is -0.294 e. The second kappa shape index (κ2) is 5.63. The molecule has 0 spiro atoms. The number of hydrogen-bond donors (Lipinski definition) is 0. The molecule has 0 fully saturated rings. The van der Waals surface area contributed by atoms with Crippen molar-refractivity contribution in [3.05, 3.63) is 46.2 Å². The molecule has 2 rings (SSSR count). The van der Waals surface area contributed by atoms with E-state index in [1.54, 1.807) is 13.1 Å². The molecule has 5 heteroatoms. The molecule has 0 bridgehead atoms. The highest BCUT2D eigenvalue weighted by molar-refractivity contribution is 9.10. The van der Waals surface area contributed by atoms with E-state index in [-0.39, 0.29) is 5.78 Å². The zero-order valence-electron chi connectivity index (χ0n) is 9.98. The van der Waals surface area contributed by atoms with Crippen LogP contribution in [0.25, 0.3) is 0 Å². The van der Waals surface area contributed by atoms with E-state index in [9.17, 15) is 4.79 Å². The summed E-state index contributed by atoms with van der Waals surface area (Å²) in [6.07, 6.45) is 1.74. The maximum Gasteiger partial charge on any atom is 0.192 e. The van der Waals surface area contributed by atoms with Gasteiger partial charge in [0.25, 0.3) is 0 Å². The lowest BCUT2D eigenvalue weighted by atomic mass is 10.2. The van der Waals surface area contributed by atoms with Gasteiger partial charge in [0.15, 0.2) is 10.9 Å². The molecule has 0 aliphatic heterocycles. The molecule has 2 aromatic rings. The molecular formula is C13H11BrN2OS. The summed E-state index contributed by atoms with van der Waals surface area (Å²) in [7, 11) is 0. The molecule has 1 heterocycles. The highest BCUT2D eigenvalue weighted by Gasteiger charge is 2.07. The molecule has 3 nitrogen and oxygen atoms in total. The number of halogens is 1. The Morgan fingerprint density at radius 1 is 1.33 bits per heavy atom. The van der Waals surface area contributed by atoms with Crippen molar-refractivity contribution < 1.29 is 4.79 Å². The summed E-state index contributed by atoms with van der Waals surface area (Å²) in [5, 5.41) is 0.706. The van der Waals surface area contributed by atoms with Crippen molar-refractivity contribution in [1.29, 1.82) is 0 Å². The Morgan fingerprint density at radius 3 is 2.72 bits per heavy atom. The van der Waals surface area contributed by atoms with Gasteiger partial charge in [0, 0.05) is 26.8 Å². The van der Waals surface area contributed by atoms with Crippen molar-refractivity contribution >= 4 is 33.5 Å². The average Bonchev–Trinajstić information content (AvgIpc) is 2.28. The number of Topliss-reactive ketones (excluding diaryl/α,β-unsaturated/α-hetero) is 1. The topological polar surface area (TPSA) is 42.9 Å². The van der Waals surface area contributed by atoms with E-state index in [4.69, 9.17) is 0 Å². The summed E-state index contributed by atoms with van der Waals surface area (Å²) in [5.41, 5.74) is 1.62. The molecular weight excluding hydrogens is 312 g/mol. The number of aromatic nitrogens is 2. The van der Waals surface area contributed by atoms with Crippen LogP contribution in [0.15, 0.2) is 45.0 Å². The fourth-order valence-electron chi connectivity index (χ4n) is 1.43. The third-order valence-corrected chi connectivity index (χ3v) is 3.83. The van der Waals surface area contributed by atoms with E-state index in [2.05, 4.69) is 25.9 Å². The largest absolute Gasteiger partial charge is 0.294 e. The van der Waals surface area contributed by atoms with Crippen molar-refractivity contribution in [3.63, 3.8) is 0 Å². The molecule has 92 valence electrons. The van der Waals surface area contributed by atoms with E-state index >= 15 is 0 Å². The molecule has 0 unspecified atom stereocenters. The summed E-state index contributed by atoms with van der Waals surface area (Å²) < 4.78 is 0.799. The third kappa shape index (κ3) is 3.17. The first-order valence-corrected chi connectivity index (χ1v) is 6.95. The summed E-state index contributed by atoms with van der Waals surface area (Å²) in [6, 6.07) is 7.48. The van der Waals surface area contributed by atoms with Gasteiger partial charge in [-0.1, -0.05) is 15.9 Å². The van der Waals surface area contributed by atoms with Crippen LogP contribution in [0.5, 0.6) is 0 Å². The minimum atomic E-state index is 0.0465. The highest BCUT2D eigenvalue weighted by Crippen LogP contribution is 2.29. The highest BCUT2D eigenvalue weighted by atomic mass is 79.9. The monoisotopic (exact) mass is 322 g/mol. The standard InChI is InChI=1S/C13H11BrN2OS/c1-8-5-6-15-13(16-8)18-10-3-4-11(9(2)17)12(14)7-10/h3-7H,1-2H3. The lowest BCUT2D eigenvalue weighted by Gasteiger charge is -2.04. The maximum atomic E-state index is 11.3. The lowest BCUT2D eigenvalue weighted by Crippen LogP contribution is -1.93. The van der Waals surface area contributed by atoms with Crippen LogP contribution in [0, 0.1) is 6.92 Å². The molecule has 0 amide bonds. The number of hydrogen-bond acceptors (Lipinski definition) is 4.